The second kappa shape index (κ2) is 8.11. The summed E-state index contributed by atoms with van der Waals surface area (Å²) in [6.07, 6.45) is 0. The number of carbonyl (C=O) groups is 2. The minimum atomic E-state index is -3.75. The first-order chi connectivity index (χ1) is 12.2. The standard InChI is InChI=1S/C18H20N2O5S/c1-13-4-10-16(11-5-13)26(23,24)20(2)12-17(21)19-15-8-6-14(7-9-15)18(22)25-3/h4-11H,12H2,1-3H3,(H,19,21). The number of likely N-dealkylation sites (N-methyl/N-ethyl adjacent to an activating group) is 1. The van der Waals surface area contributed by atoms with E-state index < -0.39 is 21.9 Å². The quantitative estimate of drug-likeness (QED) is 0.779. The molecule has 0 spiro atoms. The van der Waals surface area contributed by atoms with Crippen molar-refractivity contribution in [2.75, 3.05) is 26.0 Å². The Balaban J connectivity index is 2.02. The van der Waals surface area contributed by atoms with Crippen LogP contribution < -0.4 is 5.32 Å². The number of rotatable bonds is 6. The summed E-state index contributed by atoms with van der Waals surface area (Å²) < 4.78 is 30.5. The van der Waals surface area contributed by atoms with Crippen LogP contribution in [-0.4, -0.2) is 45.3 Å². The smallest absolute Gasteiger partial charge is 0.337 e. The maximum Gasteiger partial charge on any atom is 0.337 e. The predicted octanol–water partition coefficient (Wildman–Crippen LogP) is 2.04. The summed E-state index contributed by atoms with van der Waals surface area (Å²) in [5, 5.41) is 2.59. The molecule has 0 aromatic heterocycles. The van der Waals surface area contributed by atoms with E-state index in [1.807, 2.05) is 6.92 Å². The van der Waals surface area contributed by atoms with Gasteiger partial charge in [-0.3, -0.25) is 4.79 Å². The number of aryl methyl sites for hydroxylation is 1. The first-order valence-electron chi connectivity index (χ1n) is 7.75. The highest BCUT2D eigenvalue weighted by Crippen LogP contribution is 2.15. The van der Waals surface area contributed by atoms with Crippen LogP contribution in [0.15, 0.2) is 53.4 Å². The van der Waals surface area contributed by atoms with E-state index in [1.165, 1.54) is 38.4 Å². The van der Waals surface area contributed by atoms with Crippen molar-refractivity contribution in [1.82, 2.24) is 4.31 Å². The SMILES string of the molecule is COC(=O)c1ccc(NC(=O)CN(C)S(=O)(=O)c2ccc(C)cc2)cc1. The average molecular weight is 376 g/mol. The molecule has 0 heterocycles. The van der Waals surface area contributed by atoms with Crippen molar-refractivity contribution < 1.29 is 22.7 Å². The van der Waals surface area contributed by atoms with E-state index >= 15 is 0 Å². The van der Waals surface area contributed by atoms with Gasteiger partial charge in [-0.1, -0.05) is 17.7 Å². The number of ether oxygens (including phenoxy) is 1. The summed E-state index contributed by atoms with van der Waals surface area (Å²) in [5.74, 6) is -0.971. The lowest BCUT2D eigenvalue weighted by molar-refractivity contribution is -0.116. The molecule has 2 aromatic rings. The molecule has 7 nitrogen and oxygen atoms in total. The van der Waals surface area contributed by atoms with Crippen molar-refractivity contribution >= 4 is 27.6 Å². The van der Waals surface area contributed by atoms with Crippen LogP contribution in [0.3, 0.4) is 0 Å². The van der Waals surface area contributed by atoms with Crippen LogP contribution in [-0.2, 0) is 19.6 Å². The third-order valence-corrected chi connectivity index (χ3v) is 5.50. The lowest BCUT2D eigenvalue weighted by Gasteiger charge is -2.17. The van der Waals surface area contributed by atoms with Crippen LogP contribution in [0.25, 0.3) is 0 Å². The number of amides is 1. The van der Waals surface area contributed by atoms with Gasteiger partial charge in [-0.05, 0) is 43.3 Å². The highest BCUT2D eigenvalue weighted by atomic mass is 32.2. The van der Waals surface area contributed by atoms with Crippen molar-refractivity contribution in [3.05, 3.63) is 59.7 Å². The zero-order valence-corrected chi connectivity index (χ0v) is 15.5. The van der Waals surface area contributed by atoms with Gasteiger partial charge in [0, 0.05) is 12.7 Å². The highest BCUT2D eigenvalue weighted by molar-refractivity contribution is 7.89. The molecule has 138 valence electrons. The molecule has 0 bridgehead atoms. The zero-order valence-electron chi connectivity index (χ0n) is 14.7. The summed E-state index contributed by atoms with van der Waals surface area (Å²) in [4.78, 5) is 23.6. The fourth-order valence-electron chi connectivity index (χ4n) is 2.19. The van der Waals surface area contributed by atoms with Crippen LogP contribution in [0.5, 0.6) is 0 Å². The Morgan fingerprint density at radius 3 is 2.15 bits per heavy atom. The molecule has 0 aliphatic heterocycles. The van der Waals surface area contributed by atoms with Gasteiger partial charge in [-0.15, -0.1) is 0 Å². The molecule has 0 atom stereocenters. The Hall–Kier alpha value is -2.71. The molecule has 2 aromatic carbocycles. The number of carbonyl (C=O) groups excluding carboxylic acids is 2. The molecule has 0 aliphatic carbocycles. The molecular formula is C18H20N2O5S. The fraction of sp³-hybridized carbons (Fsp3) is 0.222. The molecule has 0 saturated heterocycles. The van der Waals surface area contributed by atoms with Crippen LogP contribution in [0.2, 0.25) is 0 Å². The molecule has 1 N–H and O–H groups in total. The summed E-state index contributed by atoms with van der Waals surface area (Å²) in [7, 11) is -1.13. The second-order valence-corrected chi connectivity index (χ2v) is 7.74. The molecule has 0 fully saturated rings. The zero-order chi connectivity index (χ0) is 19.3. The Kier molecular flexibility index (Phi) is 6.12. The normalized spacial score (nSPS) is 11.2. The van der Waals surface area contributed by atoms with E-state index in [2.05, 4.69) is 10.1 Å². The third-order valence-electron chi connectivity index (χ3n) is 3.69. The topological polar surface area (TPSA) is 92.8 Å². The van der Waals surface area contributed by atoms with E-state index in [4.69, 9.17) is 0 Å². The fourth-order valence-corrected chi connectivity index (χ4v) is 3.31. The van der Waals surface area contributed by atoms with E-state index in [0.29, 0.717) is 11.3 Å². The summed E-state index contributed by atoms with van der Waals surface area (Å²) in [6.45, 7) is 1.52. The van der Waals surface area contributed by atoms with Crippen molar-refractivity contribution in [3.8, 4) is 0 Å². The third kappa shape index (κ3) is 4.68. The molecule has 0 unspecified atom stereocenters. The lowest BCUT2D eigenvalue weighted by Crippen LogP contribution is -2.34. The van der Waals surface area contributed by atoms with Crippen molar-refractivity contribution in [3.63, 3.8) is 0 Å². The molecule has 0 aliphatic rings. The Bertz CT molecular complexity index is 890. The first-order valence-corrected chi connectivity index (χ1v) is 9.19. The molecule has 0 saturated carbocycles. The summed E-state index contributed by atoms with van der Waals surface area (Å²) in [5.41, 5.74) is 1.74. The second-order valence-electron chi connectivity index (χ2n) is 5.69. The Morgan fingerprint density at radius 1 is 1.04 bits per heavy atom. The molecule has 26 heavy (non-hydrogen) atoms. The summed E-state index contributed by atoms with van der Waals surface area (Å²) in [6, 6.07) is 12.5. The molecule has 0 radical (unpaired) electrons. The number of sulfonamides is 1. The van der Waals surface area contributed by atoms with Crippen LogP contribution >= 0.6 is 0 Å². The minimum Gasteiger partial charge on any atom is -0.465 e. The van der Waals surface area contributed by atoms with Crippen molar-refractivity contribution in [2.24, 2.45) is 0 Å². The summed E-state index contributed by atoms with van der Waals surface area (Å²) >= 11 is 0. The average Bonchev–Trinajstić information content (AvgIpc) is 2.61. The van der Waals surface area contributed by atoms with Gasteiger partial charge < -0.3 is 10.1 Å². The van der Waals surface area contributed by atoms with E-state index in [9.17, 15) is 18.0 Å². The number of hydrogen-bond acceptors (Lipinski definition) is 5. The van der Waals surface area contributed by atoms with Gasteiger partial charge in [-0.25, -0.2) is 13.2 Å². The number of esters is 1. The maximum absolute atomic E-state index is 12.5. The largest absolute Gasteiger partial charge is 0.465 e. The van der Waals surface area contributed by atoms with Crippen molar-refractivity contribution in [1.29, 1.82) is 0 Å². The van der Waals surface area contributed by atoms with Gasteiger partial charge in [0.2, 0.25) is 15.9 Å². The number of nitrogens with zero attached hydrogens (tertiary/aromatic N) is 1. The highest BCUT2D eigenvalue weighted by Gasteiger charge is 2.22. The van der Waals surface area contributed by atoms with E-state index in [1.54, 1.807) is 24.3 Å². The van der Waals surface area contributed by atoms with E-state index in [-0.39, 0.29) is 11.4 Å². The van der Waals surface area contributed by atoms with Crippen LogP contribution in [0, 0.1) is 6.92 Å². The Morgan fingerprint density at radius 2 is 1.62 bits per heavy atom. The lowest BCUT2D eigenvalue weighted by atomic mass is 10.2. The van der Waals surface area contributed by atoms with Gasteiger partial charge in [0.25, 0.3) is 0 Å². The van der Waals surface area contributed by atoms with Crippen LogP contribution in [0.4, 0.5) is 5.69 Å². The molecule has 8 heteroatoms. The monoisotopic (exact) mass is 376 g/mol. The maximum atomic E-state index is 12.5. The predicted molar refractivity (Wildman–Crippen MR) is 97.4 cm³/mol. The van der Waals surface area contributed by atoms with Gasteiger partial charge in [-0.2, -0.15) is 4.31 Å². The van der Waals surface area contributed by atoms with Crippen molar-refractivity contribution in [2.45, 2.75) is 11.8 Å². The van der Waals surface area contributed by atoms with Crippen LogP contribution in [0.1, 0.15) is 15.9 Å². The number of benzene rings is 2. The van der Waals surface area contributed by atoms with Gasteiger partial charge in [0.15, 0.2) is 0 Å². The number of nitrogens with one attached hydrogen (secondary N) is 1. The van der Waals surface area contributed by atoms with Gasteiger partial charge in [0.05, 0.1) is 24.1 Å². The molecular weight excluding hydrogens is 356 g/mol. The molecule has 2 rings (SSSR count). The molecule has 1 amide bonds. The first kappa shape index (κ1) is 19.6. The number of anilines is 1. The van der Waals surface area contributed by atoms with Gasteiger partial charge in [0.1, 0.15) is 0 Å². The number of hydrogen-bond donors (Lipinski definition) is 1. The van der Waals surface area contributed by atoms with E-state index in [0.717, 1.165) is 9.87 Å². The Labute approximate surface area is 152 Å². The van der Waals surface area contributed by atoms with Gasteiger partial charge >= 0.3 is 5.97 Å². The number of methoxy groups -OCH3 is 1. The minimum absolute atomic E-state index is 0.126.